The Balaban J connectivity index is 2.36. The molecule has 0 spiro atoms. The van der Waals surface area contributed by atoms with Crippen molar-refractivity contribution in [2.24, 2.45) is 5.92 Å². The average Bonchev–Trinajstić information content (AvgIpc) is 2.81. The lowest BCUT2D eigenvalue weighted by atomic mass is 9.87. The van der Waals surface area contributed by atoms with Gasteiger partial charge in [0.15, 0.2) is 0 Å². The van der Waals surface area contributed by atoms with Gasteiger partial charge in [0.1, 0.15) is 0 Å². The molecule has 32 heavy (non-hydrogen) atoms. The van der Waals surface area contributed by atoms with Crippen LogP contribution in [-0.4, -0.2) is 0 Å². The molecule has 0 aliphatic carbocycles. The van der Waals surface area contributed by atoms with Crippen molar-refractivity contribution in [1.82, 2.24) is 5.32 Å². The highest BCUT2D eigenvalue weighted by molar-refractivity contribution is 7.84. The molecule has 0 bridgehead atoms. The van der Waals surface area contributed by atoms with Crippen LogP contribution in [-0.2, 0) is 6.54 Å². The monoisotopic (exact) mass is 443 g/mol. The minimum atomic E-state index is 0.402. The lowest BCUT2D eigenvalue weighted by molar-refractivity contribution is 0.664. The normalized spacial score (nSPS) is 14.2. The molecule has 0 aromatic heterocycles. The Morgan fingerprint density at radius 2 is 1.66 bits per heavy atom. The summed E-state index contributed by atoms with van der Waals surface area (Å²) in [6.45, 7) is 20.0. The molecular weight excluding hydrogens is 406 g/mol. The summed E-state index contributed by atoms with van der Waals surface area (Å²) in [5, 5.41) is 3.42. The van der Waals surface area contributed by atoms with Crippen LogP contribution in [0.5, 0.6) is 0 Å². The predicted molar refractivity (Wildman–Crippen MR) is 146 cm³/mol. The quantitative estimate of drug-likeness (QED) is 0.277. The van der Waals surface area contributed by atoms with Crippen molar-refractivity contribution >= 4 is 18.2 Å². The van der Waals surface area contributed by atoms with E-state index < -0.39 is 0 Å². The Labute approximate surface area is 200 Å². The molecule has 0 aliphatic rings. The molecule has 2 heteroatoms. The van der Waals surface area contributed by atoms with Gasteiger partial charge in [0, 0.05) is 17.1 Å². The van der Waals surface area contributed by atoms with Gasteiger partial charge in [-0.25, -0.2) is 0 Å². The minimum absolute atomic E-state index is 0.402. The van der Waals surface area contributed by atoms with Crippen LogP contribution in [0.25, 0.3) is 5.57 Å². The Kier molecular flexibility index (Phi) is 9.87. The first-order valence-corrected chi connectivity index (χ1v) is 11.7. The summed E-state index contributed by atoms with van der Waals surface area (Å²) in [6, 6.07) is 19.0. The number of nitrogens with one attached hydrogen (secondary N) is 1. The molecule has 1 unspecified atom stereocenters. The van der Waals surface area contributed by atoms with E-state index in [-0.39, 0.29) is 0 Å². The van der Waals surface area contributed by atoms with E-state index >= 15 is 0 Å². The molecule has 0 fully saturated rings. The van der Waals surface area contributed by atoms with Crippen LogP contribution < -0.4 is 5.32 Å². The van der Waals surface area contributed by atoms with Crippen LogP contribution in [0, 0.1) is 12.8 Å². The Morgan fingerprint density at radius 1 is 1.03 bits per heavy atom. The summed E-state index contributed by atoms with van der Waals surface area (Å²) in [4.78, 5) is 0.861. The van der Waals surface area contributed by atoms with Crippen LogP contribution in [0.2, 0.25) is 0 Å². The second-order valence-corrected chi connectivity index (χ2v) is 8.83. The van der Waals surface area contributed by atoms with Gasteiger partial charge in [-0.15, -0.1) is 12.6 Å². The fraction of sp³-hybridized carbons (Fsp3) is 0.267. The fourth-order valence-corrected chi connectivity index (χ4v) is 3.82. The molecule has 168 valence electrons. The zero-order valence-corrected chi connectivity index (χ0v) is 21.1. The van der Waals surface area contributed by atoms with Gasteiger partial charge in [-0.2, -0.15) is 0 Å². The molecule has 0 radical (unpaired) electrons. The number of thiol groups is 1. The van der Waals surface area contributed by atoms with Gasteiger partial charge in [-0.1, -0.05) is 93.2 Å². The molecule has 1 N–H and O–H groups in total. The number of hydrogen-bond acceptors (Lipinski definition) is 2. The van der Waals surface area contributed by atoms with Gasteiger partial charge in [-0.05, 0) is 72.6 Å². The summed E-state index contributed by atoms with van der Waals surface area (Å²) in [6.07, 6.45) is 5.18. The standard InChI is InChI=1S/C30H37NS/c1-8-22(4)29(24(6)23(5)28(9-2)27-13-11-10-12-14-27)19-30(32)25(7)31-20-26-17-15-21(3)16-18-26/h9-19,22,31-32H,2,7-8,20H2,1,3-6H3/b28-23-,29-24-,30-19-. The molecule has 0 amide bonds. The smallest absolute Gasteiger partial charge is 0.0405 e. The molecule has 0 saturated heterocycles. The molecule has 1 atom stereocenters. The number of benzene rings is 2. The van der Waals surface area contributed by atoms with E-state index in [1.54, 1.807) is 0 Å². The predicted octanol–water partition coefficient (Wildman–Crippen LogP) is 8.43. The van der Waals surface area contributed by atoms with E-state index in [4.69, 9.17) is 12.6 Å². The number of aryl methyl sites for hydroxylation is 1. The van der Waals surface area contributed by atoms with E-state index in [1.165, 1.54) is 33.4 Å². The van der Waals surface area contributed by atoms with Crippen LogP contribution in [0.1, 0.15) is 50.8 Å². The van der Waals surface area contributed by atoms with Gasteiger partial charge in [0.25, 0.3) is 0 Å². The van der Waals surface area contributed by atoms with Crippen molar-refractivity contribution in [1.29, 1.82) is 0 Å². The highest BCUT2D eigenvalue weighted by atomic mass is 32.1. The molecule has 2 rings (SSSR count). The van der Waals surface area contributed by atoms with Crippen LogP contribution in [0.3, 0.4) is 0 Å². The summed E-state index contributed by atoms with van der Waals surface area (Å²) in [5.41, 5.74) is 9.44. The lowest BCUT2D eigenvalue weighted by Crippen LogP contribution is -2.12. The first kappa shape index (κ1) is 25.5. The fourth-order valence-electron chi connectivity index (χ4n) is 3.60. The number of allylic oxidation sites excluding steroid dienone is 6. The Morgan fingerprint density at radius 3 is 2.22 bits per heavy atom. The zero-order chi connectivity index (χ0) is 23.7. The van der Waals surface area contributed by atoms with Crippen molar-refractivity contribution in [3.05, 3.63) is 124 Å². The summed E-state index contributed by atoms with van der Waals surface area (Å²) in [7, 11) is 0. The molecule has 0 aliphatic heterocycles. The van der Waals surface area contributed by atoms with E-state index in [0.717, 1.165) is 29.1 Å². The molecule has 0 heterocycles. The maximum absolute atomic E-state index is 4.80. The van der Waals surface area contributed by atoms with Gasteiger partial charge in [-0.3, -0.25) is 0 Å². The van der Waals surface area contributed by atoms with Gasteiger partial charge in [0.2, 0.25) is 0 Å². The van der Waals surface area contributed by atoms with Crippen LogP contribution in [0.4, 0.5) is 0 Å². The molecule has 2 aromatic rings. The largest absolute Gasteiger partial charge is 0.381 e. The molecule has 2 aromatic carbocycles. The molecule has 0 saturated carbocycles. The van der Waals surface area contributed by atoms with Crippen molar-refractivity contribution in [3.8, 4) is 0 Å². The third-order valence-electron chi connectivity index (χ3n) is 6.06. The number of hydrogen-bond donors (Lipinski definition) is 2. The van der Waals surface area contributed by atoms with Crippen molar-refractivity contribution in [2.75, 3.05) is 0 Å². The second kappa shape index (κ2) is 12.4. The maximum Gasteiger partial charge on any atom is 0.0405 e. The van der Waals surface area contributed by atoms with E-state index in [2.05, 4.69) is 108 Å². The second-order valence-electron chi connectivity index (χ2n) is 8.35. The zero-order valence-electron chi connectivity index (χ0n) is 20.2. The lowest BCUT2D eigenvalue weighted by Gasteiger charge is -2.19. The summed E-state index contributed by atoms with van der Waals surface area (Å²) >= 11 is 4.80. The molecule has 1 nitrogen and oxygen atoms in total. The highest BCUT2D eigenvalue weighted by Crippen LogP contribution is 2.31. The van der Waals surface area contributed by atoms with Crippen LogP contribution in [0.15, 0.2) is 107 Å². The third kappa shape index (κ3) is 6.90. The number of rotatable bonds is 10. The Hall–Kier alpha value is -2.71. The van der Waals surface area contributed by atoms with E-state index in [1.807, 2.05) is 12.1 Å². The topological polar surface area (TPSA) is 12.0 Å². The van der Waals surface area contributed by atoms with E-state index in [0.29, 0.717) is 5.92 Å². The maximum atomic E-state index is 4.80. The summed E-state index contributed by atoms with van der Waals surface area (Å²) < 4.78 is 0. The van der Waals surface area contributed by atoms with Crippen molar-refractivity contribution in [2.45, 2.75) is 47.6 Å². The van der Waals surface area contributed by atoms with E-state index in [9.17, 15) is 0 Å². The van der Waals surface area contributed by atoms with Crippen molar-refractivity contribution < 1.29 is 0 Å². The van der Waals surface area contributed by atoms with Gasteiger partial charge >= 0.3 is 0 Å². The Bertz CT molecular complexity index is 1020. The average molecular weight is 444 g/mol. The van der Waals surface area contributed by atoms with Crippen molar-refractivity contribution in [3.63, 3.8) is 0 Å². The summed E-state index contributed by atoms with van der Waals surface area (Å²) in [5.74, 6) is 0.402. The highest BCUT2D eigenvalue weighted by Gasteiger charge is 2.13. The first-order chi connectivity index (χ1) is 15.3. The SMILES string of the molecule is C=C/C(=C(C)/C(C)=C(/C=C(\S)C(=C)NCc1ccc(C)cc1)C(C)CC)c1ccccc1. The van der Waals surface area contributed by atoms with Gasteiger partial charge in [0.05, 0.1) is 0 Å². The van der Waals surface area contributed by atoms with Crippen LogP contribution >= 0.6 is 12.6 Å². The third-order valence-corrected chi connectivity index (χ3v) is 6.46. The molecular formula is C30H37NS. The minimum Gasteiger partial charge on any atom is -0.381 e. The first-order valence-electron chi connectivity index (χ1n) is 11.3. The van der Waals surface area contributed by atoms with Gasteiger partial charge < -0.3 is 5.32 Å².